The number of benzene rings is 2. The van der Waals surface area contributed by atoms with Gasteiger partial charge in [0.1, 0.15) is 6.04 Å². The monoisotopic (exact) mass is 375 g/mol. The Morgan fingerprint density at radius 1 is 1.08 bits per heavy atom. The molecule has 1 aliphatic rings. The SMILES string of the molecule is NC1=NC(c2ccc(Cl)cc2)C(CC(=O)O)=C(c2ccc(Cl)cc2)N1. The van der Waals surface area contributed by atoms with E-state index >= 15 is 0 Å². The number of nitrogens with one attached hydrogen (secondary N) is 1. The molecule has 0 aliphatic carbocycles. The van der Waals surface area contributed by atoms with Gasteiger partial charge in [0.15, 0.2) is 5.96 Å². The van der Waals surface area contributed by atoms with Crippen molar-refractivity contribution >= 4 is 40.8 Å². The number of carboxylic acids is 1. The van der Waals surface area contributed by atoms with Crippen molar-refractivity contribution in [3.05, 3.63) is 75.3 Å². The highest BCUT2D eigenvalue weighted by atomic mass is 35.5. The number of halogens is 2. The third kappa shape index (κ3) is 3.95. The summed E-state index contributed by atoms with van der Waals surface area (Å²) in [4.78, 5) is 15.8. The van der Waals surface area contributed by atoms with Crippen molar-refractivity contribution < 1.29 is 9.90 Å². The Morgan fingerprint density at radius 3 is 2.20 bits per heavy atom. The van der Waals surface area contributed by atoms with Gasteiger partial charge in [0, 0.05) is 10.0 Å². The summed E-state index contributed by atoms with van der Waals surface area (Å²) >= 11 is 11.9. The number of hydrogen-bond acceptors (Lipinski definition) is 4. The molecule has 0 spiro atoms. The van der Waals surface area contributed by atoms with Gasteiger partial charge in [-0.1, -0.05) is 47.5 Å². The highest BCUT2D eigenvalue weighted by Crippen LogP contribution is 2.36. The molecule has 0 saturated heterocycles. The molecule has 0 amide bonds. The molecule has 128 valence electrons. The van der Waals surface area contributed by atoms with Gasteiger partial charge in [0.2, 0.25) is 0 Å². The average molecular weight is 376 g/mol. The van der Waals surface area contributed by atoms with Crippen LogP contribution >= 0.6 is 23.2 Å². The standard InChI is InChI=1S/C18H15Cl2N3O2/c19-12-5-1-10(2-6-12)16-14(9-15(24)25)17(23-18(21)22-16)11-3-7-13(20)8-4-11/h1-8,16H,9H2,(H,24,25)(H3,21,22,23). The number of carboxylic acid groups (broad SMARTS) is 1. The van der Waals surface area contributed by atoms with Gasteiger partial charge in [0.05, 0.1) is 12.1 Å². The number of nitrogens with two attached hydrogens (primary N) is 1. The number of guanidine groups is 1. The molecule has 0 saturated carbocycles. The molecule has 2 aromatic rings. The van der Waals surface area contributed by atoms with E-state index in [1.54, 1.807) is 24.3 Å². The molecule has 25 heavy (non-hydrogen) atoms. The van der Waals surface area contributed by atoms with E-state index in [9.17, 15) is 9.90 Å². The Bertz CT molecular complexity index is 859. The number of carbonyl (C=O) groups is 1. The van der Waals surface area contributed by atoms with Crippen LogP contribution in [0.25, 0.3) is 5.70 Å². The zero-order valence-electron chi connectivity index (χ0n) is 13.0. The normalized spacial score (nSPS) is 17.0. The largest absolute Gasteiger partial charge is 0.481 e. The minimum atomic E-state index is -0.946. The second kappa shape index (κ2) is 7.17. The third-order valence-electron chi connectivity index (χ3n) is 3.83. The number of hydrogen-bond donors (Lipinski definition) is 3. The van der Waals surface area contributed by atoms with Crippen LogP contribution < -0.4 is 11.1 Å². The summed E-state index contributed by atoms with van der Waals surface area (Å²) < 4.78 is 0. The van der Waals surface area contributed by atoms with Crippen LogP contribution in [0.2, 0.25) is 10.0 Å². The molecule has 0 radical (unpaired) electrons. The Kier molecular flexibility index (Phi) is 4.97. The average Bonchev–Trinajstić information content (AvgIpc) is 2.57. The fourth-order valence-electron chi connectivity index (χ4n) is 2.74. The van der Waals surface area contributed by atoms with Gasteiger partial charge in [-0.3, -0.25) is 4.79 Å². The van der Waals surface area contributed by atoms with Crippen molar-refractivity contribution in [3.63, 3.8) is 0 Å². The highest BCUT2D eigenvalue weighted by molar-refractivity contribution is 6.30. The maximum Gasteiger partial charge on any atom is 0.307 e. The van der Waals surface area contributed by atoms with Crippen LogP contribution in [0.15, 0.2) is 59.1 Å². The van der Waals surface area contributed by atoms with Crippen LogP contribution in [0.3, 0.4) is 0 Å². The van der Waals surface area contributed by atoms with E-state index in [4.69, 9.17) is 28.9 Å². The molecular formula is C18H15Cl2N3O2. The highest BCUT2D eigenvalue weighted by Gasteiger charge is 2.27. The van der Waals surface area contributed by atoms with Crippen LogP contribution in [-0.4, -0.2) is 17.0 Å². The summed E-state index contributed by atoms with van der Waals surface area (Å²) in [5.74, 6) is -0.725. The lowest BCUT2D eigenvalue weighted by Gasteiger charge is -2.27. The van der Waals surface area contributed by atoms with Crippen molar-refractivity contribution in [3.8, 4) is 0 Å². The molecular weight excluding hydrogens is 361 g/mol. The fourth-order valence-corrected chi connectivity index (χ4v) is 2.99. The first kappa shape index (κ1) is 17.3. The smallest absolute Gasteiger partial charge is 0.307 e. The molecule has 1 heterocycles. The molecule has 2 aromatic carbocycles. The molecule has 0 bridgehead atoms. The van der Waals surface area contributed by atoms with E-state index in [2.05, 4.69) is 10.3 Å². The minimum absolute atomic E-state index is 0.172. The fraction of sp³-hybridized carbons (Fsp3) is 0.111. The first-order valence-corrected chi connectivity index (χ1v) is 8.26. The lowest BCUT2D eigenvalue weighted by atomic mass is 9.91. The van der Waals surface area contributed by atoms with Crippen molar-refractivity contribution in [1.82, 2.24) is 5.32 Å². The van der Waals surface area contributed by atoms with Gasteiger partial charge >= 0.3 is 5.97 Å². The van der Waals surface area contributed by atoms with Gasteiger partial charge in [-0.15, -0.1) is 0 Å². The van der Waals surface area contributed by atoms with Gasteiger partial charge in [-0.05, 0) is 41.0 Å². The number of aliphatic imine (C=N–C) groups is 1. The van der Waals surface area contributed by atoms with E-state index in [0.717, 1.165) is 11.1 Å². The van der Waals surface area contributed by atoms with Crippen LogP contribution in [0.1, 0.15) is 23.6 Å². The number of rotatable bonds is 4. The van der Waals surface area contributed by atoms with E-state index in [1.807, 2.05) is 24.3 Å². The van der Waals surface area contributed by atoms with Crippen molar-refractivity contribution in [2.24, 2.45) is 10.7 Å². The maximum absolute atomic E-state index is 11.4. The molecule has 5 nitrogen and oxygen atoms in total. The van der Waals surface area contributed by atoms with Crippen LogP contribution in [0.4, 0.5) is 0 Å². The summed E-state index contributed by atoms with van der Waals surface area (Å²) in [6.45, 7) is 0. The quantitative estimate of drug-likeness (QED) is 0.757. The van der Waals surface area contributed by atoms with Gasteiger partial charge in [-0.25, -0.2) is 4.99 Å². The minimum Gasteiger partial charge on any atom is -0.481 e. The molecule has 0 aromatic heterocycles. The Morgan fingerprint density at radius 2 is 1.64 bits per heavy atom. The van der Waals surface area contributed by atoms with Crippen LogP contribution in [-0.2, 0) is 4.79 Å². The first-order chi connectivity index (χ1) is 11.9. The van der Waals surface area contributed by atoms with E-state index < -0.39 is 12.0 Å². The molecule has 1 aliphatic heterocycles. The molecule has 7 heteroatoms. The van der Waals surface area contributed by atoms with E-state index in [-0.39, 0.29) is 12.4 Å². The number of aliphatic carboxylic acids is 1. The van der Waals surface area contributed by atoms with Crippen molar-refractivity contribution in [2.45, 2.75) is 12.5 Å². The summed E-state index contributed by atoms with van der Waals surface area (Å²) in [5, 5.41) is 13.5. The zero-order valence-corrected chi connectivity index (χ0v) is 14.6. The summed E-state index contributed by atoms with van der Waals surface area (Å²) in [6, 6.07) is 13.7. The summed E-state index contributed by atoms with van der Waals surface area (Å²) in [5.41, 5.74) is 8.80. The van der Waals surface area contributed by atoms with E-state index in [1.165, 1.54) is 0 Å². The second-order valence-electron chi connectivity index (χ2n) is 5.57. The van der Waals surface area contributed by atoms with Gasteiger partial charge in [0.25, 0.3) is 0 Å². The summed E-state index contributed by atoms with van der Waals surface area (Å²) in [6.07, 6.45) is -0.172. The lowest BCUT2D eigenvalue weighted by Crippen LogP contribution is -2.36. The molecule has 4 N–H and O–H groups in total. The Labute approximate surface area is 154 Å². The Hall–Kier alpha value is -2.50. The van der Waals surface area contributed by atoms with Crippen molar-refractivity contribution in [1.29, 1.82) is 0 Å². The third-order valence-corrected chi connectivity index (χ3v) is 4.34. The molecule has 3 rings (SSSR count). The predicted octanol–water partition coefficient (Wildman–Crippen LogP) is 3.84. The molecule has 1 unspecified atom stereocenters. The molecule has 1 atom stereocenters. The zero-order chi connectivity index (χ0) is 18.0. The second-order valence-corrected chi connectivity index (χ2v) is 6.44. The first-order valence-electron chi connectivity index (χ1n) is 7.50. The molecule has 0 fully saturated rings. The maximum atomic E-state index is 11.4. The lowest BCUT2D eigenvalue weighted by molar-refractivity contribution is -0.136. The van der Waals surface area contributed by atoms with Gasteiger partial charge in [-0.2, -0.15) is 0 Å². The van der Waals surface area contributed by atoms with E-state index in [0.29, 0.717) is 21.3 Å². The topological polar surface area (TPSA) is 87.7 Å². The summed E-state index contributed by atoms with van der Waals surface area (Å²) in [7, 11) is 0. The van der Waals surface area contributed by atoms with Crippen molar-refractivity contribution in [2.75, 3.05) is 0 Å². The Balaban J connectivity index is 2.13. The number of nitrogens with zero attached hydrogens (tertiary/aromatic N) is 1. The van der Waals surface area contributed by atoms with Crippen LogP contribution in [0.5, 0.6) is 0 Å². The van der Waals surface area contributed by atoms with Gasteiger partial charge < -0.3 is 16.2 Å². The van der Waals surface area contributed by atoms with Crippen LogP contribution in [0, 0.1) is 0 Å². The predicted molar refractivity (Wildman–Crippen MR) is 99.6 cm³/mol.